The lowest BCUT2D eigenvalue weighted by Crippen LogP contribution is -2.09. The summed E-state index contributed by atoms with van der Waals surface area (Å²) >= 11 is 0. The zero-order valence-corrected chi connectivity index (χ0v) is 6.97. The van der Waals surface area contributed by atoms with Gasteiger partial charge in [0.2, 0.25) is 0 Å². The molecule has 1 rings (SSSR count). The van der Waals surface area contributed by atoms with Crippen molar-refractivity contribution < 1.29 is 15.0 Å². The fourth-order valence-corrected chi connectivity index (χ4v) is 0.953. The molecule has 3 heteroatoms. The molecule has 0 radical (unpaired) electrons. The van der Waals surface area contributed by atoms with Crippen LogP contribution in [0.5, 0.6) is 0 Å². The van der Waals surface area contributed by atoms with Gasteiger partial charge in [0.05, 0.1) is 5.57 Å². The molecule has 0 aliphatic carbocycles. The molecule has 3 nitrogen and oxygen atoms in total. The summed E-state index contributed by atoms with van der Waals surface area (Å²) in [5, 5.41) is 18.0. The Bertz CT molecular complexity index is 316. The van der Waals surface area contributed by atoms with Gasteiger partial charge < -0.3 is 10.2 Å². The predicted molar refractivity (Wildman–Crippen MR) is 48.2 cm³/mol. The molecular weight excluding hydrogens is 168 g/mol. The lowest BCUT2D eigenvalue weighted by Gasteiger charge is -2.09. The molecule has 0 saturated heterocycles. The summed E-state index contributed by atoms with van der Waals surface area (Å²) in [6.45, 7) is 3.28. The van der Waals surface area contributed by atoms with Crippen molar-refractivity contribution in [3.05, 3.63) is 48.0 Å². The van der Waals surface area contributed by atoms with E-state index in [1.165, 1.54) is 0 Å². The summed E-state index contributed by atoms with van der Waals surface area (Å²) in [6.07, 6.45) is -1.13. The highest BCUT2D eigenvalue weighted by Crippen LogP contribution is 2.19. The second-order valence-electron chi connectivity index (χ2n) is 2.64. The Kier molecular flexibility index (Phi) is 2.82. The number of aliphatic hydroxyl groups excluding tert-OH is 1. The minimum Gasteiger partial charge on any atom is -0.478 e. The van der Waals surface area contributed by atoms with Gasteiger partial charge in [-0.2, -0.15) is 0 Å². The molecule has 0 aromatic heterocycles. The molecule has 0 aliphatic rings. The van der Waals surface area contributed by atoms with Crippen molar-refractivity contribution in [2.24, 2.45) is 0 Å². The van der Waals surface area contributed by atoms with Crippen molar-refractivity contribution in [1.82, 2.24) is 0 Å². The quantitative estimate of drug-likeness (QED) is 0.687. The summed E-state index contributed by atoms with van der Waals surface area (Å²) in [7, 11) is 0. The first-order valence-corrected chi connectivity index (χ1v) is 3.78. The van der Waals surface area contributed by atoms with E-state index in [9.17, 15) is 9.90 Å². The molecule has 0 heterocycles. The topological polar surface area (TPSA) is 57.5 Å². The molecule has 1 aromatic carbocycles. The lowest BCUT2D eigenvalue weighted by atomic mass is 10.0. The first-order chi connectivity index (χ1) is 6.13. The van der Waals surface area contributed by atoms with Crippen molar-refractivity contribution in [3.63, 3.8) is 0 Å². The van der Waals surface area contributed by atoms with Crippen LogP contribution >= 0.6 is 0 Å². The van der Waals surface area contributed by atoms with Gasteiger partial charge in [0.1, 0.15) is 6.10 Å². The molecule has 0 amide bonds. The summed E-state index contributed by atoms with van der Waals surface area (Å²) in [5.74, 6) is -1.18. The largest absolute Gasteiger partial charge is 0.478 e. The van der Waals surface area contributed by atoms with E-state index in [2.05, 4.69) is 6.58 Å². The van der Waals surface area contributed by atoms with E-state index in [-0.39, 0.29) is 5.57 Å². The number of carboxylic acid groups (broad SMARTS) is 1. The molecule has 0 spiro atoms. The van der Waals surface area contributed by atoms with Crippen LogP contribution in [0, 0.1) is 0 Å². The molecule has 1 atom stereocenters. The Morgan fingerprint density at radius 2 is 1.85 bits per heavy atom. The number of carbonyl (C=O) groups is 1. The van der Waals surface area contributed by atoms with Gasteiger partial charge in [0, 0.05) is 0 Å². The molecule has 0 saturated carbocycles. The number of aliphatic carboxylic acids is 1. The number of aliphatic hydroxyl groups is 1. The molecule has 68 valence electrons. The SMILES string of the molecule is C=C(C(=O)O)[C@H](O)c1ccccc1. The van der Waals surface area contributed by atoms with E-state index >= 15 is 0 Å². The zero-order chi connectivity index (χ0) is 9.84. The third-order valence-corrected chi connectivity index (χ3v) is 1.72. The van der Waals surface area contributed by atoms with Gasteiger partial charge in [0.25, 0.3) is 0 Å². The number of hydrogen-bond acceptors (Lipinski definition) is 2. The average molecular weight is 178 g/mol. The Morgan fingerprint density at radius 3 is 2.31 bits per heavy atom. The van der Waals surface area contributed by atoms with Crippen LogP contribution in [0.2, 0.25) is 0 Å². The average Bonchev–Trinajstić information content (AvgIpc) is 2.17. The van der Waals surface area contributed by atoms with Gasteiger partial charge in [-0.15, -0.1) is 0 Å². The van der Waals surface area contributed by atoms with E-state index in [1.807, 2.05) is 0 Å². The monoisotopic (exact) mass is 178 g/mol. The maximum absolute atomic E-state index is 10.5. The molecule has 0 aliphatic heterocycles. The van der Waals surface area contributed by atoms with Gasteiger partial charge >= 0.3 is 5.97 Å². The fraction of sp³-hybridized carbons (Fsp3) is 0.100. The Labute approximate surface area is 76.0 Å². The molecule has 2 N–H and O–H groups in total. The summed E-state index contributed by atoms with van der Waals surface area (Å²) < 4.78 is 0. The zero-order valence-electron chi connectivity index (χ0n) is 6.97. The second-order valence-corrected chi connectivity index (χ2v) is 2.64. The van der Waals surface area contributed by atoms with Crippen LogP contribution in [0.25, 0.3) is 0 Å². The Morgan fingerprint density at radius 1 is 1.31 bits per heavy atom. The third-order valence-electron chi connectivity index (χ3n) is 1.72. The first kappa shape index (κ1) is 9.48. The number of benzene rings is 1. The van der Waals surface area contributed by atoms with E-state index in [1.54, 1.807) is 30.3 Å². The number of rotatable bonds is 3. The first-order valence-electron chi connectivity index (χ1n) is 3.78. The Hall–Kier alpha value is -1.61. The maximum atomic E-state index is 10.5. The van der Waals surface area contributed by atoms with E-state index in [4.69, 9.17) is 5.11 Å². The Balaban J connectivity index is 2.86. The minimum atomic E-state index is -1.18. The normalized spacial score (nSPS) is 12.1. The highest BCUT2D eigenvalue weighted by atomic mass is 16.4. The van der Waals surface area contributed by atoms with Crippen molar-refractivity contribution in [3.8, 4) is 0 Å². The lowest BCUT2D eigenvalue weighted by molar-refractivity contribution is -0.133. The van der Waals surface area contributed by atoms with Crippen LogP contribution in [-0.2, 0) is 4.79 Å². The van der Waals surface area contributed by atoms with Crippen molar-refractivity contribution in [2.75, 3.05) is 0 Å². The van der Waals surface area contributed by atoms with Crippen LogP contribution in [0.3, 0.4) is 0 Å². The van der Waals surface area contributed by atoms with E-state index in [0.29, 0.717) is 5.56 Å². The van der Waals surface area contributed by atoms with Crippen LogP contribution in [0.4, 0.5) is 0 Å². The summed E-state index contributed by atoms with van der Waals surface area (Å²) in [4.78, 5) is 10.5. The van der Waals surface area contributed by atoms with Crippen molar-refractivity contribution in [2.45, 2.75) is 6.10 Å². The fourth-order valence-electron chi connectivity index (χ4n) is 0.953. The maximum Gasteiger partial charge on any atom is 0.333 e. The van der Waals surface area contributed by atoms with Gasteiger partial charge in [-0.1, -0.05) is 36.9 Å². The van der Waals surface area contributed by atoms with Gasteiger partial charge in [-0.3, -0.25) is 0 Å². The summed E-state index contributed by atoms with van der Waals surface area (Å²) in [5.41, 5.74) is 0.320. The smallest absolute Gasteiger partial charge is 0.333 e. The third kappa shape index (κ3) is 2.16. The van der Waals surface area contributed by atoms with Crippen LogP contribution in [0.15, 0.2) is 42.5 Å². The number of hydrogen-bond donors (Lipinski definition) is 2. The molecular formula is C10H10O3. The van der Waals surface area contributed by atoms with Crippen molar-refractivity contribution >= 4 is 5.97 Å². The van der Waals surface area contributed by atoms with Crippen LogP contribution < -0.4 is 0 Å². The molecule has 13 heavy (non-hydrogen) atoms. The van der Waals surface area contributed by atoms with Gasteiger partial charge in [-0.05, 0) is 5.56 Å². The van der Waals surface area contributed by atoms with Crippen molar-refractivity contribution in [1.29, 1.82) is 0 Å². The standard InChI is InChI=1S/C10H10O3/c1-7(10(12)13)9(11)8-5-3-2-4-6-8/h2-6,9,11H,1H2,(H,12,13)/t9-/m0/s1. The molecule has 0 unspecified atom stereocenters. The highest BCUT2D eigenvalue weighted by molar-refractivity contribution is 5.87. The summed E-state index contributed by atoms with van der Waals surface area (Å²) in [6, 6.07) is 8.55. The second kappa shape index (κ2) is 3.87. The molecule has 1 aromatic rings. The van der Waals surface area contributed by atoms with Crippen LogP contribution in [0.1, 0.15) is 11.7 Å². The molecule has 0 bridgehead atoms. The minimum absolute atomic E-state index is 0.216. The van der Waals surface area contributed by atoms with Gasteiger partial charge in [0.15, 0.2) is 0 Å². The van der Waals surface area contributed by atoms with E-state index < -0.39 is 12.1 Å². The molecule has 0 fully saturated rings. The van der Waals surface area contributed by atoms with Crippen LogP contribution in [-0.4, -0.2) is 16.2 Å². The highest BCUT2D eigenvalue weighted by Gasteiger charge is 2.16. The van der Waals surface area contributed by atoms with E-state index in [0.717, 1.165) is 0 Å². The number of carboxylic acids is 1. The predicted octanol–water partition coefficient (Wildman–Crippen LogP) is 1.36. The van der Waals surface area contributed by atoms with Gasteiger partial charge in [-0.25, -0.2) is 4.79 Å².